The molecule has 1 amide bonds. The van der Waals surface area contributed by atoms with Crippen molar-refractivity contribution in [3.05, 3.63) is 64.7 Å². The second kappa shape index (κ2) is 12.3. The van der Waals surface area contributed by atoms with E-state index in [0.717, 1.165) is 18.5 Å². The fraction of sp³-hybridized carbons (Fsp3) is 0.346. The molecule has 2 aromatic carbocycles. The summed E-state index contributed by atoms with van der Waals surface area (Å²) in [6.45, 7) is 6.21. The van der Waals surface area contributed by atoms with E-state index in [1.54, 1.807) is 49.6 Å². The van der Waals surface area contributed by atoms with Gasteiger partial charge in [-0.1, -0.05) is 13.3 Å². The molecule has 0 aliphatic rings. The van der Waals surface area contributed by atoms with E-state index in [9.17, 15) is 9.59 Å². The Morgan fingerprint density at radius 1 is 1.06 bits per heavy atom. The number of carbonyl (C=O) groups excluding carboxylic acids is 2. The van der Waals surface area contributed by atoms with Crippen LogP contribution in [0, 0.1) is 6.92 Å². The molecule has 0 saturated heterocycles. The van der Waals surface area contributed by atoms with Crippen molar-refractivity contribution in [2.75, 3.05) is 19.0 Å². The van der Waals surface area contributed by atoms with Crippen LogP contribution >= 0.6 is 11.3 Å². The number of benzene rings is 2. The summed E-state index contributed by atoms with van der Waals surface area (Å²) in [5.41, 5.74) is 1.87. The van der Waals surface area contributed by atoms with Crippen LogP contribution in [0.3, 0.4) is 0 Å². The van der Waals surface area contributed by atoms with E-state index in [4.69, 9.17) is 14.2 Å². The van der Waals surface area contributed by atoms with Crippen LogP contribution in [0.25, 0.3) is 0 Å². The maximum Gasteiger partial charge on any atom is 0.257 e. The zero-order valence-electron chi connectivity index (χ0n) is 19.9. The number of ether oxygens (including phenoxy) is 3. The summed E-state index contributed by atoms with van der Waals surface area (Å²) in [7, 11) is 1.60. The standard InChI is InChI=1S/C26H30N2O5S/c1-5-6-7-24(29)19-8-10-21(11-9-19)33-23-13-20(12-22(14-23)32-18(3)15-31-4)25(30)28-26-27-17(2)16-34-26/h8-14,16,18H,5-7,15H2,1-4H3,(H,27,28,30). The van der Waals surface area contributed by atoms with E-state index in [-0.39, 0.29) is 17.8 Å². The molecule has 180 valence electrons. The minimum atomic E-state index is -0.319. The lowest BCUT2D eigenvalue weighted by molar-refractivity contribution is 0.0916. The number of carbonyl (C=O) groups is 2. The van der Waals surface area contributed by atoms with Gasteiger partial charge in [0.15, 0.2) is 10.9 Å². The average Bonchev–Trinajstić information content (AvgIpc) is 3.22. The summed E-state index contributed by atoms with van der Waals surface area (Å²) in [6, 6.07) is 12.0. The summed E-state index contributed by atoms with van der Waals surface area (Å²) in [5, 5.41) is 5.20. The molecule has 1 unspecified atom stereocenters. The van der Waals surface area contributed by atoms with E-state index < -0.39 is 0 Å². The van der Waals surface area contributed by atoms with E-state index in [2.05, 4.69) is 17.2 Å². The minimum absolute atomic E-state index is 0.118. The van der Waals surface area contributed by atoms with Gasteiger partial charge in [0.25, 0.3) is 5.91 Å². The largest absolute Gasteiger partial charge is 0.488 e. The lowest BCUT2D eigenvalue weighted by Gasteiger charge is -2.16. The van der Waals surface area contributed by atoms with Gasteiger partial charge in [-0.15, -0.1) is 11.3 Å². The number of nitrogens with one attached hydrogen (secondary N) is 1. The quantitative estimate of drug-likeness (QED) is 0.306. The zero-order valence-corrected chi connectivity index (χ0v) is 20.7. The van der Waals surface area contributed by atoms with Crippen molar-refractivity contribution in [2.24, 2.45) is 0 Å². The molecule has 7 nitrogen and oxygen atoms in total. The Morgan fingerprint density at radius 2 is 1.79 bits per heavy atom. The van der Waals surface area contributed by atoms with Gasteiger partial charge >= 0.3 is 0 Å². The fourth-order valence-electron chi connectivity index (χ4n) is 3.24. The Hall–Kier alpha value is -3.23. The van der Waals surface area contributed by atoms with Gasteiger partial charge in [-0.3, -0.25) is 14.9 Å². The number of methoxy groups -OCH3 is 1. The smallest absolute Gasteiger partial charge is 0.257 e. The van der Waals surface area contributed by atoms with Crippen LogP contribution in [0.15, 0.2) is 47.8 Å². The van der Waals surface area contributed by atoms with Gasteiger partial charge in [-0.2, -0.15) is 0 Å². The van der Waals surface area contributed by atoms with E-state index >= 15 is 0 Å². The Bertz CT molecular complexity index is 1110. The first-order valence-electron chi connectivity index (χ1n) is 11.2. The van der Waals surface area contributed by atoms with Crippen LogP contribution in [0.5, 0.6) is 17.2 Å². The third-order valence-electron chi connectivity index (χ3n) is 4.89. The maximum absolute atomic E-state index is 12.9. The molecule has 1 atom stereocenters. The van der Waals surface area contributed by atoms with Crippen molar-refractivity contribution in [3.8, 4) is 17.2 Å². The van der Waals surface area contributed by atoms with Crippen molar-refractivity contribution >= 4 is 28.2 Å². The van der Waals surface area contributed by atoms with Crippen molar-refractivity contribution in [3.63, 3.8) is 0 Å². The summed E-state index contributed by atoms with van der Waals surface area (Å²) in [6.07, 6.45) is 2.17. The van der Waals surface area contributed by atoms with Crippen LogP contribution in [0.1, 0.15) is 59.5 Å². The van der Waals surface area contributed by atoms with E-state index in [1.807, 2.05) is 19.2 Å². The third-order valence-corrected chi connectivity index (χ3v) is 5.77. The number of ketones is 1. The van der Waals surface area contributed by atoms with Gasteiger partial charge in [0, 0.05) is 36.1 Å². The second-order valence-corrected chi connectivity index (χ2v) is 8.84. The number of hydrogen-bond acceptors (Lipinski definition) is 7. The highest BCUT2D eigenvalue weighted by Crippen LogP contribution is 2.29. The number of hydrogen-bond donors (Lipinski definition) is 1. The van der Waals surface area contributed by atoms with Gasteiger partial charge in [0.2, 0.25) is 0 Å². The number of rotatable bonds is 12. The summed E-state index contributed by atoms with van der Waals surface area (Å²) in [4.78, 5) is 29.4. The number of amides is 1. The van der Waals surface area contributed by atoms with Gasteiger partial charge in [-0.05, 0) is 56.7 Å². The monoisotopic (exact) mass is 482 g/mol. The molecule has 0 radical (unpaired) electrons. The first-order valence-corrected chi connectivity index (χ1v) is 12.1. The van der Waals surface area contributed by atoms with Crippen molar-refractivity contribution in [1.82, 2.24) is 4.98 Å². The molecule has 3 aromatic rings. The Morgan fingerprint density at radius 3 is 2.44 bits per heavy atom. The maximum atomic E-state index is 12.9. The molecule has 0 fully saturated rings. The topological polar surface area (TPSA) is 86.8 Å². The number of aryl methyl sites for hydroxylation is 1. The van der Waals surface area contributed by atoms with Crippen LogP contribution < -0.4 is 14.8 Å². The summed E-state index contributed by atoms with van der Waals surface area (Å²) < 4.78 is 17.1. The molecule has 0 saturated carbocycles. The minimum Gasteiger partial charge on any atom is -0.488 e. The number of anilines is 1. The lowest BCUT2D eigenvalue weighted by atomic mass is 10.1. The van der Waals surface area contributed by atoms with Gasteiger partial charge in [0.05, 0.1) is 12.3 Å². The van der Waals surface area contributed by atoms with Crippen molar-refractivity contribution in [2.45, 2.75) is 46.1 Å². The first-order chi connectivity index (χ1) is 16.4. The molecule has 1 N–H and O–H groups in total. The number of thiazole rings is 1. The van der Waals surface area contributed by atoms with E-state index in [1.165, 1.54) is 11.3 Å². The lowest BCUT2D eigenvalue weighted by Crippen LogP contribution is -2.18. The molecule has 0 bridgehead atoms. The van der Waals surface area contributed by atoms with Crippen molar-refractivity contribution < 1.29 is 23.8 Å². The molecule has 1 heterocycles. The molecular formula is C26H30N2O5S. The van der Waals surface area contributed by atoms with Crippen LogP contribution in [0.2, 0.25) is 0 Å². The molecule has 1 aromatic heterocycles. The van der Waals surface area contributed by atoms with Crippen LogP contribution in [-0.2, 0) is 4.74 Å². The summed E-state index contributed by atoms with van der Waals surface area (Å²) >= 11 is 1.36. The molecule has 0 spiro atoms. The number of unbranched alkanes of at least 4 members (excludes halogenated alkanes) is 1. The third kappa shape index (κ3) is 7.40. The Labute approximate surface area is 204 Å². The fourth-order valence-corrected chi connectivity index (χ4v) is 3.92. The SMILES string of the molecule is CCCCC(=O)c1ccc(Oc2cc(OC(C)COC)cc(C(=O)Nc3nc(C)cs3)c2)cc1. The number of Topliss-reactive ketones (excluding diaryl/α,β-unsaturated/α-hetero) is 1. The average molecular weight is 483 g/mol. The second-order valence-electron chi connectivity index (χ2n) is 7.98. The zero-order chi connectivity index (χ0) is 24.5. The number of nitrogens with zero attached hydrogens (tertiary/aromatic N) is 1. The molecular weight excluding hydrogens is 452 g/mol. The highest BCUT2D eigenvalue weighted by molar-refractivity contribution is 7.13. The van der Waals surface area contributed by atoms with Gasteiger partial charge in [-0.25, -0.2) is 4.98 Å². The summed E-state index contributed by atoms with van der Waals surface area (Å²) in [5.74, 6) is 1.27. The van der Waals surface area contributed by atoms with Crippen LogP contribution in [0.4, 0.5) is 5.13 Å². The molecule has 3 rings (SSSR count). The van der Waals surface area contributed by atoms with Gasteiger partial charge in [0.1, 0.15) is 23.4 Å². The molecule has 8 heteroatoms. The van der Waals surface area contributed by atoms with Crippen molar-refractivity contribution in [1.29, 1.82) is 0 Å². The highest BCUT2D eigenvalue weighted by Gasteiger charge is 2.15. The van der Waals surface area contributed by atoms with Crippen LogP contribution in [-0.4, -0.2) is 36.5 Å². The molecule has 0 aliphatic carbocycles. The highest BCUT2D eigenvalue weighted by atomic mass is 32.1. The predicted molar refractivity (Wildman–Crippen MR) is 134 cm³/mol. The molecule has 34 heavy (non-hydrogen) atoms. The Kier molecular flexibility index (Phi) is 9.18. The first kappa shape index (κ1) is 25.4. The normalized spacial score (nSPS) is 11.6. The molecule has 0 aliphatic heterocycles. The number of aromatic nitrogens is 1. The Balaban J connectivity index is 1.81. The predicted octanol–water partition coefficient (Wildman–Crippen LogP) is 6.28. The van der Waals surface area contributed by atoms with Gasteiger partial charge < -0.3 is 14.2 Å². The van der Waals surface area contributed by atoms with E-state index in [0.29, 0.717) is 46.5 Å².